The van der Waals surface area contributed by atoms with Crippen LogP contribution in [0.25, 0.3) is 11.0 Å². The van der Waals surface area contributed by atoms with Crippen LogP contribution in [0.5, 0.6) is 0 Å². The van der Waals surface area contributed by atoms with Crippen LogP contribution in [0.15, 0.2) is 18.6 Å². The quantitative estimate of drug-likeness (QED) is 0.415. The molecule has 0 unspecified atom stereocenters. The molecule has 3 aromatic heterocycles. The average molecular weight is 480 g/mol. The molecular formula is C20H20ClF2N7O3. The Balaban J connectivity index is 1.51. The van der Waals surface area contributed by atoms with Gasteiger partial charge >= 0.3 is 0 Å². The molecule has 1 saturated heterocycles. The second-order valence-electron chi connectivity index (χ2n) is 8.24. The summed E-state index contributed by atoms with van der Waals surface area (Å²) < 4.78 is 28.2. The molecule has 3 aromatic rings. The van der Waals surface area contributed by atoms with Crippen LogP contribution < -0.4 is 5.32 Å². The van der Waals surface area contributed by atoms with Crippen molar-refractivity contribution >= 4 is 34.4 Å². The minimum atomic E-state index is -1.34. The number of anilines is 1. The van der Waals surface area contributed by atoms with Crippen LogP contribution in [0.4, 0.5) is 14.6 Å². The lowest BCUT2D eigenvalue weighted by molar-refractivity contribution is 0.0392. The Labute approximate surface area is 191 Å². The van der Waals surface area contributed by atoms with Crippen molar-refractivity contribution in [1.29, 1.82) is 0 Å². The van der Waals surface area contributed by atoms with Crippen molar-refractivity contribution < 1.29 is 23.8 Å². The number of hydrogen-bond acceptors (Lipinski definition) is 8. The number of rotatable bonds is 4. The molecule has 13 heteroatoms. The predicted octanol–water partition coefficient (Wildman–Crippen LogP) is 1.76. The normalized spacial score (nSPS) is 27.4. The summed E-state index contributed by atoms with van der Waals surface area (Å²) in [7, 11) is 0. The number of pyridine rings is 1. The number of aliphatic hydroxyl groups is 2. The van der Waals surface area contributed by atoms with Gasteiger partial charge in [0.2, 0.25) is 0 Å². The number of likely N-dealkylation sites (tertiary alicyclic amines) is 1. The number of H-pyrrole nitrogens is 1. The zero-order valence-electron chi connectivity index (χ0n) is 17.1. The van der Waals surface area contributed by atoms with Crippen LogP contribution >= 0.6 is 11.6 Å². The van der Waals surface area contributed by atoms with Crippen LogP contribution in [0.3, 0.4) is 0 Å². The standard InChI is InChI=1S/C20H20ClF2N7O3/c21-17-10(3-8(22)5-24-17)12-4-9(23)6-30(12)20(33)15-14-18(25-7-26-19(14)29-28-15)27-11-1-2-13(31)16(11)32/h3,5,7,9,11-13,16,31-32H,1-2,4,6H2,(H2,25,26,27,28,29)/t9-,11+,12+,13+,16-/m0/s1. The van der Waals surface area contributed by atoms with E-state index in [9.17, 15) is 23.8 Å². The van der Waals surface area contributed by atoms with Gasteiger partial charge in [0.1, 0.15) is 29.3 Å². The summed E-state index contributed by atoms with van der Waals surface area (Å²) in [6.07, 6.45) is -0.133. The molecule has 5 rings (SSSR count). The first kappa shape index (κ1) is 21.9. The maximum Gasteiger partial charge on any atom is 0.275 e. The maximum atomic E-state index is 14.4. The van der Waals surface area contributed by atoms with Crippen molar-refractivity contribution in [3.63, 3.8) is 0 Å². The monoisotopic (exact) mass is 479 g/mol. The van der Waals surface area contributed by atoms with E-state index in [1.54, 1.807) is 0 Å². The van der Waals surface area contributed by atoms with Gasteiger partial charge in [-0.05, 0) is 18.9 Å². The number of fused-ring (bicyclic) bond motifs is 1. The van der Waals surface area contributed by atoms with Crippen LogP contribution in [-0.2, 0) is 0 Å². The lowest BCUT2D eigenvalue weighted by Crippen LogP contribution is -2.35. The molecule has 1 aliphatic carbocycles. The molecule has 4 N–H and O–H groups in total. The van der Waals surface area contributed by atoms with E-state index in [-0.39, 0.29) is 46.2 Å². The van der Waals surface area contributed by atoms with Crippen LogP contribution in [-0.4, -0.2) is 77.1 Å². The van der Waals surface area contributed by atoms with E-state index in [1.807, 2.05) is 0 Å². The van der Waals surface area contributed by atoms with E-state index in [0.29, 0.717) is 12.8 Å². The van der Waals surface area contributed by atoms with Gasteiger partial charge in [-0.1, -0.05) is 11.6 Å². The Morgan fingerprint density at radius 3 is 2.85 bits per heavy atom. The molecule has 4 heterocycles. The van der Waals surface area contributed by atoms with Crippen molar-refractivity contribution in [2.24, 2.45) is 0 Å². The Hall–Kier alpha value is -2.96. The minimum absolute atomic E-state index is 0.0142. The van der Waals surface area contributed by atoms with Crippen molar-refractivity contribution in [3.05, 3.63) is 40.8 Å². The molecule has 2 aliphatic rings. The molecule has 33 heavy (non-hydrogen) atoms. The number of aromatic nitrogens is 5. The van der Waals surface area contributed by atoms with Crippen LogP contribution in [0.2, 0.25) is 5.15 Å². The number of aromatic amines is 1. The summed E-state index contributed by atoms with van der Waals surface area (Å²) in [5.41, 5.74) is 0.422. The van der Waals surface area contributed by atoms with Gasteiger partial charge in [0, 0.05) is 12.0 Å². The number of hydrogen-bond donors (Lipinski definition) is 4. The fourth-order valence-electron chi connectivity index (χ4n) is 4.53. The summed E-state index contributed by atoms with van der Waals surface area (Å²) in [5.74, 6) is -1.02. The Morgan fingerprint density at radius 2 is 2.09 bits per heavy atom. The number of nitrogens with zero attached hydrogens (tertiary/aromatic N) is 5. The van der Waals surface area contributed by atoms with Crippen molar-refractivity contribution in [3.8, 4) is 0 Å². The highest BCUT2D eigenvalue weighted by Crippen LogP contribution is 2.38. The lowest BCUT2D eigenvalue weighted by atomic mass is 10.1. The third kappa shape index (κ3) is 3.87. The van der Waals surface area contributed by atoms with E-state index in [1.165, 1.54) is 11.2 Å². The number of carbonyl (C=O) groups is 1. The van der Waals surface area contributed by atoms with Gasteiger partial charge < -0.3 is 20.4 Å². The molecule has 1 aliphatic heterocycles. The summed E-state index contributed by atoms with van der Waals surface area (Å²) in [4.78, 5) is 26.8. The predicted molar refractivity (Wildman–Crippen MR) is 113 cm³/mol. The number of carbonyl (C=O) groups excluding carboxylic acids is 1. The van der Waals surface area contributed by atoms with Gasteiger partial charge in [0.05, 0.1) is 42.4 Å². The molecule has 1 saturated carbocycles. The molecule has 5 atom stereocenters. The fraction of sp³-hybridized carbons (Fsp3) is 0.450. The first-order valence-electron chi connectivity index (χ1n) is 10.4. The summed E-state index contributed by atoms with van der Waals surface area (Å²) in [6, 6.07) is -0.171. The van der Waals surface area contributed by atoms with Crippen molar-refractivity contribution in [2.75, 3.05) is 11.9 Å². The molecule has 0 spiro atoms. The van der Waals surface area contributed by atoms with Crippen LogP contribution in [0.1, 0.15) is 41.4 Å². The van der Waals surface area contributed by atoms with Gasteiger partial charge in [-0.3, -0.25) is 9.89 Å². The highest BCUT2D eigenvalue weighted by Gasteiger charge is 2.40. The molecule has 1 amide bonds. The second-order valence-corrected chi connectivity index (χ2v) is 8.60. The highest BCUT2D eigenvalue weighted by molar-refractivity contribution is 6.30. The summed E-state index contributed by atoms with van der Waals surface area (Å²) in [6.45, 7) is -0.228. The first-order chi connectivity index (χ1) is 15.8. The SMILES string of the molecule is O=C(c1n[nH]c2ncnc(N[C@@H]3CC[C@@H](O)[C@H]3O)c12)N1C[C@@H](F)C[C@@H]1c1cc(F)cnc1Cl. The summed E-state index contributed by atoms with van der Waals surface area (Å²) in [5, 5.41) is 30.1. The molecule has 10 nitrogen and oxygen atoms in total. The first-order valence-corrected chi connectivity index (χ1v) is 10.8. The van der Waals surface area contributed by atoms with Crippen molar-refractivity contribution in [2.45, 2.75) is 49.7 Å². The van der Waals surface area contributed by atoms with Crippen LogP contribution in [0, 0.1) is 5.82 Å². The van der Waals surface area contributed by atoms with E-state index < -0.39 is 42.2 Å². The van der Waals surface area contributed by atoms with Crippen molar-refractivity contribution in [1.82, 2.24) is 30.0 Å². The largest absolute Gasteiger partial charge is 0.390 e. The molecule has 2 fully saturated rings. The molecule has 174 valence electrons. The fourth-order valence-corrected chi connectivity index (χ4v) is 4.76. The van der Waals surface area contributed by atoms with E-state index in [4.69, 9.17) is 11.6 Å². The minimum Gasteiger partial charge on any atom is -0.390 e. The lowest BCUT2D eigenvalue weighted by Gasteiger charge is -2.24. The van der Waals surface area contributed by atoms with Gasteiger partial charge in [0.25, 0.3) is 5.91 Å². The van der Waals surface area contributed by atoms with E-state index in [0.717, 1.165) is 12.3 Å². The van der Waals surface area contributed by atoms with Gasteiger partial charge in [-0.25, -0.2) is 23.7 Å². The molecule has 0 aromatic carbocycles. The highest BCUT2D eigenvalue weighted by atomic mass is 35.5. The van der Waals surface area contributed by atoms with Gasteiger partial charge in [-0.2, -0.15) is 5.10 Å². The van der Waals surface area contributed by atoms with Gasteiger partial charge in [-0.15, -0.1) is 0 Å². The number of halogens is 3. The number of alkyl halides is 1. The summed E-state index contributed by atoms with van der Waals surface area (Å²) >= 11 is 6.13. The maximum absolute atomic E-state index is 14.4. The zero-order valence-corrected chi connectivity index (χ0v) is 17.9. The Bertz CT molecular complexity index is 1210. The third-order valence-electron chi connectivity index (χ3n) is 6.17. The smallest absolute Gasteiger partial charge is 0.275 e. The average Bonchev–Trinajstić information content (AvgIpc) is 3.49. The topological polar surface area (TPSA) is 140 Å². The Morgan fingerprint density at radius 1 is 1.27 bits per heavy atom. The number of amides is 1. The molecule has 0 radical (unpaired) electrons. The number of aliphatic hydroxyl groups excluding tert-OH is 2. The Kier molecular flexibility index (Phi) is 5.59. The molecular weight excluding hydrogens is 460 g/mol. The van der Waals surface area contributed by atoms with E-state index in [2.05, 4.69) is 30.5 Å². The zero-order chi connectivity index (χ0) is 23.3. The number of nitrogens with one attached hydrogen (secondary N) is 2. The molecule has 0 bridgehead atoms. The van der Waals surface area contributed by atoms with Gasteiger partial charge in [0.15, 0.2) is 11.3 Å². The third-order valence-corrected chi connectivity index (χ3v) is 6.48. The second kappa shape index (κ2) is 8.43. The van der Waals surface area contributed by atoms with E-state index >= 15 is 0 Å².